The van der Waals surface area contributed by atoms with Gasteiger partial charge in [0.05, 0.1) is 6.61 Å². The van der Waals surface area contributed by atoms with E-state index in [-0.39, 0.29) is 6.04 Å². The Morgan fingerprint density at radius 1 is 1.50 bits per heavy atom. The lowest BCUT2D eigenvalue weighted by molar-refractivity contribution is 0.177. The number of halogens is 1. The molecular formula is C11H16BrNO. The van der Waals surface area contributed by atoms with Crippen molar-refractivity contribution in [3.8, 4) is 0 Å². The van der Waals surface area contributed by atoms with E-state index in [2.05, 4.69) is 28.1 Å². The topological polar surface area (TPSA) is 35.2 Å². The predicted molar refractivity (Wildman–Crippen MR) is 62.3 cm³/mol. The van der Waals surface area contributed by atoms with Gasteiger partial charge in [0.2, 0.25) is 0 Å². The van der Waals surface area contributed by atoms with Crippen LogP contribution in [0.1, 0.15) is 12.0 Å². The number of methoxy groups -OCH3 is 1. The third-order valence-corrected chi connectivity index (χ3v) is 2.57. The number of aryl methyl sites for hydroxylation is 1. The fraction of sp³-hybridized carbons (Fsp3) is 0.455. The summed E-state index contributed by atoms with van der Waals surface area (Å²) in [5.41, 5.74) is 7.14. The molecule has 0 aliphatic rings. The number of rotatable bonds is 5. The summed E-state index contributed by atoms with van der Waals surface area (Å²) in [4.78, 5) is 0. The fourth-order valence-corrected chi connectivity index (χ4v) is 1.79. The molecule has 2 nitrogen and oxygen atoms in total. The van der Waals surface area contributed by atoms with E-state index in [0.29, 0.717) is 6.61 Å². The number of ether oxygens (including phenoxy) is 1. The Morgan fingerprint density at radius 3 is 2.93 bits per heavy atom. The number of nitrogens with two attached hydrogens (primary N) is 1. The van der Waals surface area contributed by atoms with Gasteiger partial charge in [-0.1, -0.05) is 28.1 Å². The van der Waals surface area contributed by atoms with Gasteiger partial charge in [-0.2, -0.15) is 0 Å². The second-order valence-corrected chi connectivity index (χ2v) is 4.30. The largest absolute Gasteiger partial charge is 0.383 e. The van der Waals surface area contributed by atoms with Crippen LogP contribution < -0.4 is 5.73 Å². The zero-order chi connectivity index (χ0) is 10.4. The van der Waals surface area contributed by atoms with Gasteiger partial charge in [0, 0.05) is 17.6 Å². The maximum Gasteiger partial charge on any atom is 0.0613 e. The van der Waals surface area contributed by atoms with Gasteiger partial charge in [-0.15, -0.1) is 0 Å². The first-order valence-corrected chi connectivity index (χ1v) is 5.50. The van der Waals surface area contributed by atoms with Crippen molar-refractivity contribution in [2.75, 3.05) is 13.7 Å². The Morgan fingerprint density at radius 2 is 2.29 bits per heavy atom. The van der Waals surface area contributed by atoms with E-state index < -0.39 is 0 Å². The summed E-state index contributed by atoms with van der Waals surface area (Å²) in [6, 6.07) is 8.45. The molecular weight excluding hydrogens is 242 g/mol. The van der Waals surface area contributed by atoms with Gasteiger partial charge in [-0.25, -0.2) is 0 Å². The van der Waals surface area contributed by atoms with Crippen LogP contribution in [0, 0.1) is 0 Å². The second-order valence-electron chi connectivity index (χ2n) is 3.38. The average molecular weight is 258 g/mol. The van der Waals surface area contributed by atoms with Crippen LogP contribution in [-0.4, -0.2) is 19.8 Å². The lowest BCUT2D eigenvalue weighted by Crippen LogP contribution is -2.26. The number of benzene rings is 1. The maximum absolute atomic E-state index is 5.83. The van der Waals surface area contributed by atoms with Crippen molar-refractivity contribution >= 4 is 15.9 Å². The van der Waals surface area contributed by atoms with Crippen molar-refractivity contribution in [3.05, 3.63) is 34.3 Å². The first-order chi connectivity index (χ1) is 6.72. The van der Waals surface area contributed by atoms with Gasteiger partial charge in [-0.05, 0) is 30.5 Å². The SMILES string of the molecule is COCC(N)CCc1cccc(Br)c1. The molecule has 0 spiro atoms. The third-order valence-electron chi connectivity index (χ3n) is 2.07. The van der Waals surface area contributed by atoms with Crippen LogP contribution in [0.25, 0.3) is 0 Å². The molecule has 0 fully saturated rings. The lowest BCUT2D eigenvalue weighted by Gasteiger charge is -2.09. The van der Waals surface area contributed by atoms with E-state index in [1.165, 1.54) is 5.56 Å². The molecule has 0 aromatic heterocycles. The van der Waals surface area contributed by atoms with Crippen LogP contribution in [0.4, 0.5) is 0 Å². The summed E-state index contributed by atoms with van der Waals surface area (Å²) < 4.78 is 6.10. The number of hydrogen-bond acceptors (Lipinski definition) is 2. The molecule has 0 aliphatic heterocycles. The van der Waals surface area contributed by atoms with Crippen molar-refractivity contribution in [1.29, 1.82) is 0 Å². The molecule has 1 atom stereocenters. The summed E-state index contributed by atoms with van der Waals surface area (Å²) in [5, 5.41) is 0. The van der Waals surface area contributed by atoms with Crippen molar-refractivity contribution < 1.29 is 4.74 Å². The molecule has 0 saturated heterocycles. The Balaban J connectivity index is 2.37. The Bertz CT molecular complexity index is 278. The van der Waals surface area contributed by atoms with Gasteiger partial charge in [0.1, 0.15) is 0 Å². The van der Waals surface area contributed by atoms with Gasteiger partial charge in [-0.3, -0.25) is 0 Å². The van der Waals surface area contributed by atoms with E-state index in [1.807, 2.05) is 12.1 Å². The summed E-state index contributed by atoms with van der Waals surface area (Å²) in [6.45, 7) is 0.633. The van der Waals surface area contributed by atoms with E-state index >= 15 is 0 Å². The molecule has 0 bridgehead atoms. The van der Waals surface area contributed by atoms with Crippen LogP contribution in [0.5, 0.6) is 0 Å². The first kappa shape index (κ1) is 11.7. The zero-order valence-corrected chi connectivity index (χ0v) is 9.96. The van der Waals surface area contributed by atoms with Crippen molar-refractivity contribution in [1.82, 2.24) is 0 Å². The van der Waals surface area contributed by atoms with E-state index in [9.17, 15) is 0 Å². The summed E-state index contributed by atoms with van der Waals surface area (Å²) >= 11 is 3.44. The van der Waals surface area contributed by atoms with Crippen LogP contribution in [0.15, 0.2) is 28.7 Å². The molecule has 2 N–H and O–H groups in total. The predicted octanol–water partition coefficient (Wildman–Crippen LogP) is 2.36. The molecule has 1 rings (SSSR count). The standard InChI is InChI=1S/C11H16BrNO/c1-14-8-11(13)6-5-9-3-2-4-10(12)7-9/h2-4,7,11H,5-6,8,13H2,1H3. The maximum atomic E-state index is 5.83. The van der Waals surface area contributed by atoms with Gasteiger partial charge in [0.15, 0.2) is 0 Å². The highest BCUT2D eigenvalue weighted by Gasteiger charge is 2.02. The highest BCUT2D eigenvalue weighted by molar-refractivity contribution is 9.10. The van der Waals surface area contributed by atoms with Gasteiger partial charge in [0.25, 0.3) is 0 Å². The second kappa shape index (κ2) is 6.17. The van der Waals surface area contributed by atoms with Gasteiger partial charge >= 0.3 is 0 Å². The highest BCUT2D eigenvalue weighted by atomic mass is 79.9. The van der Waals surface area contributed by atoms with Crippen molar-refractivity contribution in [2.45, 2.75) is 18.9 Å². The molecule has 3 heteroatoms. The molecule has 0 saturated carbocycles. The van der Waals surface area contributed by atoms with Gasteiger partial charge < -0.3 is 10.5 Å². The zero-order valence-electron chi connectivity index (χ0n) is 8.37. The average Bonchev–Trinajstić information content (AvgIpc) is 2.15. The summed E-state index contributed by atoms with van der Waals surface area (Å²) in [5.74, 6) is 0. The minimum atomic E-state index is 0.138. The Hall–Kier alpha value is -0.380. The van der Waals surface area contributed by atoms with E-state index in [0.717, 1.165) is 17.3 Å². The minimum Gasteiger partial charge on any atom is -0.383 e. The van der Waals surface area contributed by atoms with Crippen molar-refractivity contribution in [2.24, 2.45) is 5.73 Å². The monoisotopic (exact) mass is 257 g/mol. The summed E-state index contributed by atoms with van der Waals surface area (Å²) in [7, 11) is 1.68. The molecule has 0 amide bonds. The van der Waals surface area contributed by atoms with Crippen LogP contribution in [0.2, 0.25) is 0 Å². The molecule has 0 radical (unpaired) electrons. The van der Waals surface area contributed by atoms with E-state index in [4.69, 9.17) is 10.5 Å². The molecule has 78 valence electrons. The Kier molecular flexibility index (Phi) is 5.15. The Labute approximate surface area is 93.6 Å². The minimum absolute atomic E-state index is 0.138. The summed E-state index contributed by atoms with van der Waals surface area (Å²) in [6.07, 6.45) is 1.97. The molecule has 0 aliphatic carbocycles. The molecule has 1 unspecified atom stereocenters. The molecule has 1 aromatic carbocycles. The molecule has 0 heterocycles. The third kappa shape index (κ3) is 4.22. The van der Waals surface area contributed by atoms with Crippen LogP contribution >= 0.6 is 15.9 Å². The van der Waals surface area contributed by atoms with Crippen LogP contribution in [0.3, 0.4) is 0 Å². The van der Waals surface area contributed by atoms with E-state index in [1.54, 1.807) is 7.11 Å². The molecule has 1 aromatic rings. The smallest absolute Gasteiger partial charge is 0.0613 e. The quantitative estimate of drug-likeness (QED) is 0.879. The molecule has 14 heavy (non-hydrogen) atoms. The lowest BCUT2D eigenvalue weighted by atomic mass is 10.1. The van der Waals surface area contributed by atoms with Crippen molar-refractivity contribution in [3.63, 3.8) is 0 Å². The normalized spacial score (nSPS) is 12.8. The first-order valence-electron chi connectivity index (χ1n) is 4.71. The fourth-order valence-electron chi connectivity index (χ4n) is 1.34. The highest BCUT2D eigenvalue weighted by Crippen LogP contribution is 2.13. The number of hydrogen-bond donors (Lipinski definition) is 1. The van der Waals surface area contributed by atoms with Crippen LogP contribution in [-0.2, 0) is 11.2 Å².